The normalized spacial score (nSPS) is 30.2. The monoisotopic (exact) mass is 236 g/mol. The van der Waals surface area contributed by atoms with Crippen LogP contribution in [0, 0.1) is 0 Å². The van der Waals surface area contributed by atoms with E-state index in [1.165, 1.54) is 43.6 Å². The van der Waals surface area contributed by atoms with Crippen LogP contribution in [0.2, 0.25) is 0 Å². The second-order valence-electron chi connectivity index (χ2n) is 5.08. The summed E-state index contributed by atoms with van der Waals surface area (Å²) in [5.74, 6) is 0.845. The third-order valence-corrected chi connectivity index (χ3v) is 3.87. The van der Waals surface area contributed by atoms with Gasteiger partial charge in [0.1, 0.15) is 0 Å². The molecule has 2 aliphatic rings. The lowest BCUT2D eigenvalue weighted by Gasteiger charge is -2.28. The van der Waals surface area contributed by atoms with E-state index in [4.69, 9.17) is 0 Å². The van der Waals surface area contributed by atoms with E-state index < -0.39 is 0 Å². The van der Waals surface area contributed by atoms with Gasteiger partial charge in [0, 0.05) is 12.1 Å². The maximum absolute atomic E-state index is 4.27. The molecule has 0 aromatic carbocycles. The van der Waals surface area contributed by atoms with Gasteiger partial charge in [0.15, 0.2) is 5.82 Å². The first kappa shape index (κ1) is 11.1. The van der Waals surface area contributed by atoms with E-state index in [0.29, 0.717) is 12.1 Å². The number of hydrogen-bond donors (Lipinski definition) is 1. The fourth-order valence-corrected chi connectivity index (χ4v) is 3.11. The van der Waals surface area contributed by atoms with Gasteiger partial charge < -0.3 is 5.32 Å². The standard InChI is InChI=1S/C11H20N6/c1-16-14-11(13-15-16)8-17-7-3-5-10(17)9-4-2-6-12-9/h9-10,12H,2-8H2,1H3. The van der Waals surface area contributed by atoms with Crippen LogP contribution in [0.3, 0.4) is 0 Å². The molecule has 1 aromatic rings. The highest BCUT2D eigenvalue weighted by Gasteiger charge is 2.33. The van der Waals surface area contributed by atoms with Crippen molar-refractivity contribution >= 4 is 0 Å². The smallest absolute Gasteiger partial charge is 0.188 e. The lowest BCUT2D eigenvalue weighted by molar-refractivity contribution is 0.202. The fraction of sp³-hybridized carbons (Fsp3) is 0.909. The minimum Gasteiger partial charge on any atom is -0.312 e. The van der Waals surface area contributed by atoms with E-state index in [9.17, 15) is 0 Å². The summed E-state index contributed by atoms with van der Waals surface area (Å²) < 4.78 is 0. The molecule has 0 bridgehead atoms. The zero-order chi connectivity index (χ0) is 11.7. The molecule has 0 amide bonds. The van der Waals surface area contributed by atoms with Crippen molar-refractivity contribution in [1.29, 1.82) is 0 Å². The molecule has 2 aliphatic heterocycles. The molecule has 0 saturated carbocycles. The van der Waals surface area contributed by atoms with Crippen LogP contribution in [-0.4, -0.2) is 50.3 Å². The molecule has 0 spiro atoms. The average Bonchev–Trinajstić information content (AvgIpc) is 3.00. The predicted octanol–water partition coefficient (Wildman–Crippen LogP) is -0.0735. The highest BCUT2D eigenvalue weighted by atomic mass is 15.6. The first-order valence-electron chi connectivity index (χ1n) is 6.53. The summed E-state index contributed by atoms with van der Waals surface area (Å²) in [6.45, 7) is 3.19. The van der Waals surface area contributed by atoms with Gasteiger partial charge in [-0.05, 0) is 44.0 Å². The van der Waals surface area contributed by atoms with Crippen molar-refractivity contribution in [3.63, 3.8) is 0 Å². The van der Waals surface area contributed by atoms with Gasteiger partial charge in [-0.1, -0.05) is 0 Å². The Bertz CT molecular complexity index is 370. The molecule has 6 heteroatoms. The van der Waals surface area contributed by atoms with E-state index in [0.717, 1.165) is 12.4 Å². The zero-order valence-corrected chi connectivity index (χ0v) is 10.3. The Morgan fingerprint density at radius 1 is 1.35 bits per heavy atom. The number of nitrogens with one attached hydrogen (secondary N) is 1. The van der Waals surface area contributed by atoms with Crippen LogP contribution >= 0.6 is 0 Å². The molecule has 94 valence electrons. The summed E-state index contributed by atoms with van der Waals surface area (Å²) >= 11 is 0. The molecule has 2 atom stereocenters. The Kier molecular flexibility index (Phi) is 3.07. The van der Waals surface area contributed by atoms with E-state index >= 15 is 0 Å². The maximum Gasteiger partial charge on any atom is 0.188 e. The molecule has 17 heavy (non-hydrogen) atoms. The van der Waals surface area contributed by atoms with E-state index in [1.54, 1.807) is 0 Å². The molecule has 1 aromatic heterocycles. The first-order valence-corrected chi connectivity index (χ1v) is 6.53. The van der Waals surface area contributed by atoms with E-state index in [1.807, 2.05) is 7.05 Å². The largest absolute Gasteiger partial charge is 0.312 e. The summed E-state index contributed by atoms with van der Waals surface area (Å²) in [6.07, 6.45) is 5.23. The Morgan fingerprint density at radius 3 is 3.00 bits per heavy atom. The molecule has 2 saturated heterocycles. The van der Waals surface area contributed by atoms with Gasteiger partial charge in [-0.25, -0.2) is 0 Å². The molecule has 2 unspecified atom stereocenters. The number of likely N-dealkylation sites (tertiary alicyclic amines) is 1. The molecule has 0 aliphatic carbocycles. The Hall–Kier alpha value is -1.01. The first-order chi connectivity index (χ1) is 8.33. The molecular weight excluding hydrogens is 216 g/mol. The van der Waals surface area contributed by atoms with Gasteiger partial charge in [0.2, 0.25) is 0 Å². The lowest BCUT2D eigenvalue weighted by Crippen LogP contribution is -2.43. The number of hydrogen-bond acceptors (Lipinski definition) is 5. The lowest BCUT2D eigenvalue weighted by atomic mass is 10.0. The summed E-state index contributed by atoms with van der Waals surface area (Å²) in [5, 5.41) is 15.9. The quantitative estimate of drug-likeness (QED) is 0.796. The summed E-state index contributed by atoms with van der Waals surface area (Å²) in [6, 6.07) is 1.34. The van der Waals surface area contributed by atoms with Crippen molar-refractivity contribution < 1.29 is 0 Å². The summed E-state index contributed by atoms with van der Waals surface area (Å²) in [7, 11) is 1.82. The van der Waals surface area contributed by atoms with Gasteiger partial charge in [0.25, 0.3) is 0 Å². The Balaban J connectivity index is 1.65. The second kappa shape index (κ2) is 4.70. The maximum atomic E-state index is 4.27. The van der Waals surface area contributed by atoms with Crippen LogP contribution in [0.15, 0.2) is 0 Å². The summed E-state index contributed by atoms with van der Waals surface area (Å²) in [5.41, 5.74) is 0. The van der Waals surface area contributed by atoms with Gasteiger partial charge in [0.05, 0.1) is 13.6 Å². The topological polar surface area (TPSA) is 58.9 Å². The van der Waals surface area contributed by atoms with E-state index in [-0.39, 0.29) is 0 Å². The number of rotatable bonds is 3. The van der Waals surface area contributed by atoms with Gasteiger partial charge in [-0.2, -0.15) is 4.80 Å². The van der Waals surface area contributed by atoms with Crippen LogP contribution in [0.4, 0.5) is 0 Å². The van der Waals surface area contributed by atoms with Crippen molar-refractivity contribution in [2.45, 2.75) is 44.3 Å². The van der Waals surface area contributed by atoms with Crippen molar-refractivity contribution in [3.8, 4) is 0 Å². The Morgan fingerprint density at radius 2 is 2.29 bits per heavy atom. The fourth-order valence-electron chi connectivity index (χ4n) is 3.11. The zero-order valence-electron chi connectivity index (χ0n) is 10.3. The number of aryl methyl sites for hydroxylation is 1. The molecule has 2 fully saturated rings. The van der Waals surface area contributed by atoms with Crippen molar-refractivity contribution in [1.82, 2.24) is 30.4 Å². The molecule has 3 rings (SSSR count). The van der Waals surface area contributed by atoms with Crippen LogP contribution in [0.25, 0.3) is 0 Å². The third kappa shape index (κ3) is 2.32. The van der Waals surface area contributed by atoms with Gasteiger partial charge >= 0.3 is 0 Å². The number of aromatic nitrogens is 4. The van der Waals surface area contributed by atoms with Crippen LogP contribution in [-0.2, 0) is 13.6 Å². The minimum atomic E-state index is 0.668. The molecule has 3 heterocycles. The average molecular weight is 236 g/mol. The molecular formula is C11H20N6. The van der Waals surface area contributed by atoms with Crippen LogP contribution in [0.5, 0.6) is 0 Å². The van der Waals surface area contributed by atoms with Crippen LogP contribution < -0.4 is 5.32 Å². The van der Waals surface area contributed by atoms with Crippen molar-refractivity contribution in [2.75, 3.05) is 13.1 Å². The van der Waals surface area contributed by atoms with E-state index in [2.05, 4.69) is 25.6 Å². The molecule has 1 N–H and O–H groups in total. The van der Waals surface area contributed by atoms with Gasteiger partial charge in [-0.3, -0.25) is 4.90 Å². The minimum absolute atomic E-state index is 0.668. The third-order valence-electron chi connectivity index (χ3n) is 3.87. The van der Waals surface area contributed by atoms with Crippen LogP contribution in [0.1, 0.15) is 31.5 Å². The second-order valence-corrected chi connectivity index (χ2v) is 5.08. The predicted molar refractivity (Wildman–Crippen MR) is 63.3 cm³/mol. The van der Waals surface area contributed by atoms with Gasteiger partial charge in [-0.15, -0.1) is 10.2 Å². The number of tetrazole rings is 1. The molecule has 0 radical (unpaired) electrons. The number of nitrogens with zero attached hydrogens (tertiary/aromatic N) is 5. The summed E-state index contributed by atoms with van der Waals surface area (Å²) in [4.78, 5) is 4.05. The molecule has 6 nitrogen and oxygen atoms in total. The van der Waals surface area contributed by atoms with Crippen molar-refractivity contribution in [2.24, 2.45) is 7.05 Å². The highest BCUT2D eigenvalue weighted by Crippen LogP contribution is 2.25. The SMILES string of the molecule is Cn1nnc(CN2CCCC2C2CCCN2)n1. The highest BCUT2D eigenvalue weighted by molar-refractivity contribution is 4.93. The van der Waals surface area contributed by atoms with Crippen molar-refractivity contribution in [3.05, 3.63) is 5.82 Å². The Labute approximate surface area is 101 Å².